The second-order valence-electron chi connectivity index (χ2n) is 4.72. The van der Waals surface area contributed by atoms with Gasteiger partial charge < -0.3 is 10.3 Å². The Kier molecular flexibility index (Phi) is 3.48. The fraction of sp³-hybridized carbons (Fsp3) is 0.286. The normalized spacial score (nSPS) is 14.6. The molecule has 1 heterocycles. The van der Waals surface area contributed by atoms with Crippen LogP contribution in [0.15, 0.2) is 39.6 Å². The molecule has 2 N–H and O–H groups in total. The van der Waals surface area contributed by atoms with Crippen LogP contribution in [0.3, 0.4) is 0 Å². The highest BCUT2D eigenvalue weighted by Gasteiger charge is 2.20. The Bertz CT molecular complexity index is 649. The molecule has 2 aromatic rings. The van der Waals surface area contributed by atoms with E-state index in [4.69, 9.17) is 0 Å². The summed E-state index contributed by atoms with van der Waals surface area (Å²) in [7, 11) is 0. The highest BCUT2D eigenvalue weighted by Crippen LogP contribution is 2.24. The van der Waals surface area contributed by atoms with E-state index in [-0.39, 0.29) is 5.56 Å². The molecule has 1 aliphatic rings. The van der Waals surface area contributed by atoms with Gasteiger partial charge in [0.15, 0.2) is 0 Å². The van der Waals surface area contributed by atoms with Crippen molar-refractivity contribution >= 4 is 15.9 Å². The van der Waals surface area contributed by atoms with Gasteiger partial charge in [0.2, 0.25) is 0 Å². The van der Waals surface area contributed by atoms with Crippen LogP contribution in [-0.2, 0) is 6.54 Å². The van der Waals surface area contributed by atoms with Crippen molar-refractivity contribution in [1.82, 2.24) is 15.3 Å². The van der Waals surface area contributed by atoms with E-state index in [1.807, 2.05) is 24.3 Å². The lowest BCUT2D eigenvalue weighted by Crippen LogP contribution is -2.19. The first kappa shape index (κ1) is 12.6. The van der Waals surface area contributed by atoms with Crippen molar-refractivity contribution in [3.63, 3.8) is 0 Å². The van der Waals surface area contributed by atoms with Crippen molar-refractivity contribution in [2.75, 3.05) is 0 Å². The third-order valence-corrected chi connectivity index (χ3v) is 3.76. The van der Waals surface area contributed by atoms with Crippen molar-refractivity contribution in [3.8, 4) is 11.4 Å². The third-order valence-electron chi connectivity index (χ3n) is 3.07. The Hall–Kier alpha value is -1.46. The van der Waals surface area contributed by atoms with Crippen molar-refractivity contribution in [3.05, 3.63) is 50.9 Å². The monoisotopic (exact) mass is 319 g/mol. The lowest BCUT2D eigenvalue weighted by atomic mass is 10.2. The first-order valence-electron chi connectivity index (χ1n) is 6.31. The molecular formula is C14H14BrN3O. The van der Waals surface area contributed by atoms with Gasteiger partial charge in [-0.2, -0.15) is 0 Å². The van der Waals surface area contributed by atoms with Crippen LogP contribution in [0.2, 0.25) is 0 Å². The van der Waals surface area contributed by atoms with Gasteiger partial charge in [-0.15, -0.1) is 0 Å². The molecule has 0 radical (unpaired) electrons. The number of hydrogen-bond donors (Lipinski definition) is 2. The molecule has 1 saturated carbocycles. The van der Waals surface area contributed by atoms with E-state index in [0.717, 1.165) is 15.7 Å². The zero-order valence-corrected chi connectivity index (χ0v) is 11.9. The van der Waals surface area contributed by atoms with Gasteiger partial charge in [-0.3, -0.25) is 4.79 Å². The summed E-state index contributed by atoms with van der Waals surface area (Å²) in [6.45, 7) is 0.645. The minimum Gasteiger partial charge on any atom is -0.308 e. The smallest absolute Gasteiger partial charge is 0.251 e. The first-order valence-corrected chi connectivity index (χ1v) is 7.10. The Morgan fingerprint density at radius 3 is 2.89 bits per heavy atom. The van der Waals surface area contributed by atoms with Crippen LogP contribution in [0.1, 0.15) is 18.5 Å². The van der Waals surface area contributed by atoms with E-state index in [9.17, 15) is 4.79 Å². The predicted octanol–water partition coefficient (Wildman–Crippen LogP) is 2.45. The van der Waals surface area contributed by atoms with Crippen LogP contribution in [0.25, 0.3) is 11.4 Å². The Morgan fingerprint density at radius 1 is 1.37 bits per heavy atom. The van der Waals surface area contributed by atoms with Gasteiger partial charge >= 0.3 is 0 Å². The number of aromatic amines is 1. The van der Waals surface area contributed by atoms with Gasteiger partial charge in [-0.1, -0.05) is 34.1 Å². The van der Waals surface area contributed by atoms with Crippen LogP contribution in [0, 0.1) is 0 Å². The fourth-order valence-corrected chi connectivity index (χ4v) is 2.39. The summed E-state index contributed by atoms with van der Waals surface area (Å²) in [6.07, 6.45) is 2.45. The van der Waals surface area contributed by atoms with E-state index < -0.39 is 0 Å². The summed E-state index contributed by atoms with van der Waals surface area (Å²) >= 11 is 3.48. The Morgan fingerprint density at radius 2 is 2.16 bits per heavy atom. The third kappa shape index (κ3) is 3.11. The molecule has 0 unspecified atom stereocenters. The van der Waals surface area contributed by atoms with Crippen LogP contribution in [0.4, 0.5) is 0 Å². The molecule has 5 heteroatoms. The molecular weight excluding hydrogens is 306 g/mol. The lowest BCUT2D eigenvalue weighted by Gasteiger charge is -2.06. The average Bonchev–Trinajstić information content (AvgIpc) is 3.20. The molecule has 1 aliphatic carbocycles. The van der Waals surface area contributed by atoms with Gasteiger partial charge in [-0.25, -0.2) is 4.98 Å². The van der Waals surface area contributed by atoms with E-state index in [2.05, 4.69) is 31.2 Å². The van der Waals surface area contributed by atoms with Gasteiger partial charge in [0.05, 0.1) is 5.69 Å². The summed E-state index contributed by atoms with van der Waals surface area (Å²) in [4.78, 5) is 19.0. The fourth-order valence-electron chi connectivity index (χ4n) is 1.92. The van der Waals surface area contributed by atoms with E-state index in [1.54, 1.807) is 6.07 Å². The molecule has 0 bridgehead atoms. The highest BCUT2D eigenvalue weighted by molar-refractivity contribution is 9.10. The SMILES string of the molecule is O=c1cc(CNC2CC2)nc(-c2ccccc2Br)[nH]1. The minimum atomic E-state index is -0.117. The number of aromatic nitrogens is 2. The number of halogens is 1. The van der Waals surface area contributed by atoms with Crippen LogP contribution >= 0.6 is 15.9 Å². The molecule has 0 atom stereocenters. The number of nitrogens with zero attached hydrogens (tertiary/aromatic N) is 1. The Balaban J connectivity index is 1.92. The maximum atomic E-state index is 11.7. The molecule has 1 aromatic carbocycles. The van der Waals surface area contributed by atoms with Crippen molar-refractivity contribution in [2.45, 2.75) is 25.4 Å². The Labute approximate surface area is 119 Å². The van der Waals surface area contributed by atoms with E-state index in [0.29, 0.717) is 18.4 Å². The standard InChI is InChI=1S/C14H14BrN3O/c15-12-4-2-1-3-11(12)14-17-10(7-13(19)18-14)8-16-9-5-6-9/h1-4,7,9,16H,5-6,8H2,(H,17,18,19). The number of hydrogen-bond acceptors (Lipinski definition) is 3. The average molecular weight is 320 g/mol. The molecule has 1 aromatic heterocycles. The molecule has 0 amide bonds. The maximum Gasteiger partial charge on any atom is 0.251 e. The molecule has 1 fully saturated rings. The lowest BCUT2D eigenvalue weighted by molar-refractivity contribution is 0.672. The van der Waals surface area contributed by atoms with Crippen molar-refractivity contribution in [1.29, 1.82) is 0 Å². The summed E-state index contributed by atoms with van der Waals surface area (Å²) in [6, 6.07) is 9.88. The minimum absolute atomic E-state index is 0.117. The molecule has 0 saturated heterocycles. The van der Waals surface area contributed by atoms with E-state index in [1.165, 1.54) is 12.8 Å². The maximum absolute atomic E-state index is 11.7. The van der Waals surface area contributed by atoms with Gasteiger partial charge in [0.1, 0.15) is 5.82 Å². The largest absolute Gasteiger partial charge is 0.308 e. The zero-order chi connectivity index (χ0) is 13.2. The van der Waals surface area contributed by atoms with Crippen molar-refractivity contribution in [2.24, 2.45) is 0 Å². The molecule has 3 rings (SSSR count). The van der Waals surface area contributed by atoms with Crippen LogP contribution in [0.5, 0.6) is 0 Å². The second-order valence-corrected chi connectivity index (χ2v) is 5.57. The van der Waals surface area contributed by atoms with E-state index >= 15 is 0 Å². The van der Waals surface area contributed by atoms with Gasteiger partial charge in [0, 0.05) is 28.7 Å². The molecule has 0 aliphatic heterocycles. The quantitative estimate of drug-likeness (QED) is 0.910. The van der Waals surface area contributed by atoms with Gasteiger partial charge in [0.25, 0.3) is 5.56 Å². The highest BCUT2D eigenvalue weighted by atomic mass is 79.9. The number of rotatable bonds is 4. The number of nitrogens with one attached hydrogen (secondary N) is 2. The zero-order valence-electron chi connectivity index (χ0n) is 10.3. The summed E-state index contributed by atoms with van der Waals surface area (Å²) < 4.78 is 0.922. The summed E-state index contributed by atoms with van der Waals surface area (Å²) in [5, 5.41) is 3.37. The predicted molar refractivity (Wildman–Crippen MR) is 77.9 cm³/mol. The van der Waals surface area contributed by atoms with Gasteiger partial charge in [-0.05, 0) is 18.9 Å². The van der Waals surface area contributed by atoms with Crippen molar-refractivity contribution < 1.29 is 0 Å². The topological polar surface area (TPSA) is 57.8 Å². The molecule has 19 heavy (non-hydrogen) atoms. The molecule has 0 spiro atoms. The summed E-state index contributed by atoms with van der Waals surface area (Å²) in [5.41, 5.74) is 1.56. The first-order chi connectivity index (χ1) is 9.22. The van der Waals surface area contributed by atoms with Crippen LogP contribution < -0.4 is 10.9 Å². The number of benzene rings is 1. The summed E-state index contributed by atoms with van der Waals surface area (Å²) in [5.74, 6) is 0.604. The number of H-pyrrole nitrogens is 1. The molecule has 4 nitrogen and oxygen atoms in total. The second kappa shape index (κ2) is 5.27. The van der Waals surface area contributed by atoms with Crippen LogP contribution in [-0.4, -0.2) is 16.0 Å². The molecule has 98 valence electrons.